The van der Waals surface area contributed by atoms with Crippen LogP contribution in [0.15, 0.2) is 127 Å². The average Bonchev–Trinajstić information content (AvgIpc) is 3.28. The summed E-state index contributed by atoms with van der Waals surface area (Å²) in [5.74, 6) is 0.0230. The van der Waals surface area contributed by atoms with Crippen LogP contribution in [-0.2, 0) is 56.5 Å². The number of methoxy groups -OCH3 is 1. The Labute approximate surface area is 356 Å². The van der Waals surface area contributed by atoms with E-state index < -0.39 is 35.8 Å². The number of carbonyl (C=O) groups excluding carboxylic acids is 4. The lowest BCUT2D eigenvalue weighted by Gasteiger charge is -2.36. The molecule has 2 unspecified atom stereocenters. The molecule has 0 aliphatic carbocycles. The Balaban J connectivity index is 0.000000218. The Bertz CT molecular complexity index is 2270. The normalized spacial score (nSPS) is 15.5. The number of hydrogen-bond donors (Lipinski definition) is 3. The van der Waals surface area contributed by atoms with Crippen LogP contribution in [0.5, 0.6) is 11.5 Å². The number of nitrogens with one attached hydrogen (secondary N) is 1. The standard InChI is InChI=1S/C29H33N3O4.C19H19NO5/c1-29(2,30)20-31-27(33)26-25-14-13-24(35-18-21-9-5-3-6-10-21)17-23(25)15-16-32(26)28(34)36-19-22-11-7-4-8-12-22;1-24-18(22)17-16-8-7-15(21)11-14(16)9-10-20(17)19(23)25-12-13-5-3-2-4-6-13/h3-14,17,26H,15-16,18-20,30H2,1-2H3,(H,31,33);2-8,11,17,21H,9-10,12H2,1H3. The maximum Gasteiger partial charge on any atom is 0.411 e. The molecule has 0 aromatic heterocycles. The lowest BCUT2D eigenvalue weighted by molar-refractivity contribution is -0.147. The third-order valence-electron chi connectivity index (χ3n) is 10.2. The van der Waals surface area contributed by atoms with Crippen LogP contribution in [-0.4, -0.2) is 71.3 Å². The number of fused-ring (bicyclic) bond motifs is 2. The number of ether oxygens (including phenoxy) is 4. The van der Waals surface area contributed by atoms with Crippen LogP contribution < -0.4 is 15.8 Å². The number of nitrogens with zero attached hydrogens (tertiary/aromatic N) is 2. The van der Waals surface area contributed by atoms with Gasteiger partial charge in [0, 0.05) is 25.2 Å². The van der Waals surface area contributed by atoms with Gasteiger partial charge in [-0.1, -0.05) is 103 Å². The van der Waals surface area contributed by atoms with Gasteiger partial charge in [-0.15, -0.1) is 0 Å². The van der Waals surface area contributed by atoms with Gasteiger partial charge in [-0.25, -0.2) is 14.4 Å². The fourth-order valence-electron chi connectivity index (χ4n) is 7.11. The summed E-state index contributed by atoms with van der Waals surface area (Å²) in [4.78, 5) is 54.1. The molecule has 0 spiro atoms. The number of phenolic OH excluding ortho intramolecular Hbond substituents is 1. The molecule has 0 saturated carbocycles. The van der Waals surface area contributed by atoms with E-state index in [2.05, 4.69) is 5.32 Å². The third kappa shape index (κ3) is 11.9. The highest BCUT2D eigenvalue weighted by Crippen LogP contribution is 2.35. The lowest BCUT2D eigenvalue weighted by atomic mass is 9.91. The summed E-state index contributed by atoms with van der Waals surface area (Å²) in [6.07, 6.45) is 0.0151. The number of amides is 3. The molecule has 5 aromatic carbocycles. The molecule has 4 N–H and O–H groups in total. The molecule has 61 heavy (non-hydrogen) atoms. The van der Waals surface area contributed by atoms with E-state index in [1.807, 2.05) is 123 Å². The van der Waals surface area contributed by atoms with Crippen LogP contribution in [0.3, 0.4) is 0 Å². The van der Waals surface area contributed by atoms with Crippen molar-refractivity contribution in [1.82, 2.24) is 15.1 Å². The minimum Gasteiger partial charge on any atom is -0.508 e. The third-order valence-corrected chi connectivity index (χ3v) is 10.2. The molecule has 0 saturated heterocycles. The maximum atomic E-state index is 13.3. The quantitative estimate of drug-likeness (QED) is 0.0918. The van der Waals surface area contributed by atoms with Crippen molar-refractivity contribution >= 4 is 24.1 Å². The molecule has 0 fully saturated rings. The summed E-state index contributed by atoms with van der Waals surface area (Å²) in [6, 6.07) is 37.5. The Kier molecular flexibility index (Phi) is 14.6. The molecule has 13 heteroatoms. The molecule has 3 amide bonds. The van der Waals surface area contributed by atoms with Crippen LogP contribution in [0.25, 0.3) is 0 Å². The molecule has 7 rings (SSSR count). The summed E-state index contributed by atoms with van der Waals surface area (Å²) in [6.45, 7) is 5.34. The highest BCUT2D eigenvalue weighted by atomic mass is 16.6. The van der Waals surface area contributed by atoms with Crippen molar-refractivity contribution < 1.29 is 43.2 Å². The van der Waals surface area contributed by atoms with Crippen molar-refractivity contribution in [3.8, 4) is 11.5 Å². The highest BCUT2D eigenvalue weighted by molar-refractivity contribution is 5.88. The maximum absolute atomic E-state index is 13.3. The first-order valence-corrected chi connectivity index (χ1v) is 20.1. The zero-order valence-electron chi connectivity index (χ0n) is 34.6. The molecule has 2 aliphatic rings. The smallest absolute Gasteiger partial charge is 0.411 e. The minimum absolute atomic E-state index is 0.127. The summed E-state index contributed by atoms with van der Waals surface area (Å²) >= 11 is 0. The molecule has 2 heterocycles. The second-order valence-electron chi connectivity index (χ2n) is 15.5. The first-order valence-electron chi connectivity index (χ1n) is 20.1. The van der Waals surface area contributed by atoms with Gasteiger partial charge >= 0.3 is 18.2 Å². The number of hydrogen-bond acceptors (Lipinski definition) is 10. The zero-order valence-corrected chi connectivity index (χ0v) is 34.6. The van der Waals surface area contributed by atoms with Crippen molar-refractivity contribution in [2.45, 2.75) is 64.1 Å². The molecule has 318 valence electrons. The average molecular weight is 829 g/mol. The number of nitrogens with two attached hydrogens (primary N) is 1. The Morgan fingerprint density at radius 3 is 1.67 bits per heavy atom. The van der Waals surface area contributed by atoms with E-state index in [1.54, 1.807) is 12.1 Å². The van der Waals surface area contributed by atoms with Crippen molar-refractivity contribution in [2.75, 3.05) is 26.7 Å². The summed E-state index contributed by atoms with van der Waals surface area (Å²) < 4.78 is 21.8. The zero-order chi connectivity index (χ0) is 43.4. The van der Waals surface area contributed by atoms with Gasteiger partial charge < -0.3 is 35.1 Å². The first-order chi connectivity index (χ1) is 29.4. The van der Waals surface area contributed by atoms with Gasteiger partial charge in [0.2, 0.25) is 5.91 Å². The van der Waals surface area contributed by atoms with E-state index in [-0.39, 0.29) is 31.4 Å². The van der Waals surface area contributed by atoms with Crippen LogP contribution in [0.4, 0.5) is 9.59 Å². The van der Waals surface area contributed by atoms with E-state index in [9.17, 15) is 24.3 Å². The van der Waals surface area contributed by atoms with Gasteiger partial charge in [0.25, 0.3) is 0 Å². The monoisotopic (exact) mass is 828 g/mol. The lowest BCUT2D eigenvalue weighted by Crippen LogP contribution is -2.51. The van der Waals surface area contributed by atoms with E-state index in [1.165, 1.54) is 23.0 Å². The van der Waals surface area contributed by atoms with Crippen molar-refractivity contribution in [2.24, 2.45) is 5.73 Å². The molecule has 0 radical (unpaired) electrons. The molecule has 2 atom stereocenters. The van der Waals surface area contributed by atoms with Gasteiger partial charge in [0.05, 0.1) is 7.11 Å². The number of esters is 1. The van der Waals surface area contributed by atoms with Crippen LogP contribution >= 0.6 is 0 Å². The molecule has 13 nitrogen and oxygen atoms in total. The highest BCUT2D eigenvalue weighted by Gasteiger charge is 2.39. The predicted molar refractivity (Wildman–Crippen MR) is 228 cm³/mol. The fraction of sp³-hybridized carbons (Fsp3) is 0.292. The van der Waals surface area contributed by atoms with E-state index >= 15 is 0 Å². The minimum atomic E-state index is -0.877. The van der Waals surface area contributed by atoms with Crippen LogP contribution in [0.2, 0.25) is 0 Å². The fourth-order valence-corrected chi connectivity index (χ4v) is 7.11. The van der Waals surface area contributed by atoms with Gasteiger partial charge in [-0.05, 0) is 89.9 Å². The van der Waals surface area contributed by atoms with Crippen molar-refractivity contribution in [3.05, 3.63) is 166 Å². The summed E-state index contributed by atoms with van der Waals surface area (Å²) in [5.41, 5.74) is 11.5. The molecule has 5 aromatic rings. The predicted octanol–water partition coefficient (Wildman–Crippen LogP) is 7.16. The molecule has 0 bridgehead atoms. The van der Waals surface area contributed by atoms with Gasteiger partial charge in [0.15, 0.2) is 6.04 Å². The number of phenols is 1. The SMILES string of the molecule is CC(C)(N)CNC(=O)C1c2ccc(OCc3ccccc3)cc2CCN1C(=O)OCc1ccccc1.COC(=O)C1c2ccc(O)cc2CCN1C(=O)OCc1ccccc1. The largest absolute Gasteiger partial charge is 0.508 e. The number of rotatable bonds is 11. The van der Waals surface area contributed by atoms with E-state index in [0.717, 1.165) is 39.1 Å². The Morgan fingerprint density at radius 1 is 0.672 bits per heavy atom. The number of aromatic hydroxyl groups is 1. The van der Waals surface area contributed by atoms with Gasteiger partial charge in [-0.3, -0.25) is 14.6 Å². The summed E-state index contributed by atoms with van der Waals surface area (Å²) in [7, 11) is 1.28. The first kappa shape index (κ1) is 43.7. The van der Waals surface area contributed by atoms with Crippen molar-refractivity contribution in [3.63, 3.8) is 0 Å². The Morgan fingerprint density at radius 2 is 1.15 bits per heavy atom. The van der Waals surface area contributed by atoms with Gasteiger partial charge in [0.1, 0.15) is 37.4 Å². The topological polar surface area (TPSA) is 170 Å². The van der Waals surface area contributed by atoms with E-state index in [0.29, 0.717) is 38.1 Å². The van der Waals surface area contributed by atoms with Gasteiger partial charge in [-0.2, -0.15) is 0 Å². The number of benzene rings is 5. The second kappa shape index (κ2) is 20.4. The molecule has 2 aliphatic heterocycles. The summed E-state index contributed by atoms with van der Waals surface area (Å²) in [5, 5.41) is 12.5. The second-order valence-corrected chi connectivity index (χ2v) is 15.5. The Hall–Kier alpha value is -6.86. The van der Waals surface area contributed by atoms with Crippen LogP contribution in [0, 0.1) is 0 Å². The van der Waals surface area contributed by atoms with Crippen LogP contribution in [0.1, 0.15) is 64.9 Å². The number of carbonyl (C=O) groups is 4. The van der Waals surface area contributed by atoms with E-state index in [4.69, 9.17) is 24.7 Å². The van der Waals surface area contributed by atoms with Crippen molar-refractivity contribution in [1.29, 1.82) is 0 Å². The molecular formula is C48H52N4O9. The molecular weight excluding hydrogens is 777 g/mol.